The number of para-hydroxylation sites is 1. The number of nitrogens with one attached hydrogen (secondary N) is 2. The van der Waals surface area contributed by atoms with E-state index in [9.17, 15) is 9.59 Å². The third-order valence-electron chi connectivity index (χ3n) is 3.69. The van der Waals surface area contributed by atoms with E-state index in [1.54, 1.807) is 6.07 Å². The van der Waals surface area contributed by atoms with E-state index >= 15 is 0 Å². The number of halogens is 1. The molecule has 1 aromatic carbocycles. The molecule has 0 saturated heterocycles. The van der Waals surface area contributed by atoms with Gasteiger partial charge in [0.1, 0.15) is 0 Å². The van der Waals surface area contributed by atoms with Gasteiger partial charge in [-0.2, -0.15) is 0 Å². The van der Waals surface area contributed by atoms with Crippen LogP contribution in [0.2, 0.25) is 5.02 Å². The SMILES string of the molecule is CCCCCCC(=O)Nc1ncc(C(=O)Nc2c(C)cccc2Cl)[se]1. The summed E-state index contributed by atoms with van der Waals surface area (Å²) >= 11 is 5.83. The third-order valence-corrected chi connectivity index (χ3v) is 5.92. The van der Waals surface area contributed by atoms with Crippen LogP contribution in [0.25, 0.3) is 0 Å². The van der Waals surface area contributed by atoms with Crippen molar-refractivity contribution in [3.05, 3.63) is 39.4 Å². The minimum atomic E-state index is -0.307. The first-order valence-corrected chi connectivity index (χ1v) is 10.4. The van der Waals surface area contributed by atoms with Crippen molar-refractivity contribution in [2.45, 2.75) is 46.0 Å². The molecule has 5 nitrogen and oxygen atoms in total. The molecular weight excluding hydrogens is 405 g/mol. The Hall–Kier alpha value is -1.62. The standard InChI is InChI=1S/C18H22ClN3O2Se/c1-3-4-5-6-10-15(23)21-18-20-11-14(25-18)17(24)22-16-12(2)8-7-9-13(16)19/h7-9,11H,3-6,10H2,1-2H3,(H,22,24)(H,20,21,23). The van der Waals surface area contributed by atoms with Crippen molar-refractivity contribution in [3.8, 4) is 0 Å². The fraction of sp³-hybridized carbons (Fsp3) is 0.389. The molecule has 1 aromatic heterocycles. The number of carbonyl (C=O) groups excluding carboxylic acids is 2. The Bertz CT molecular complexity index is 725. The summed E-state index contributed by atoms with van der Waals surface area (Å²) in [6.45, 7) is 4.02. The molecule has 7 heteroatoms. The molecular formula is C18H22ClN3O2Se. The van der Waals surface area contributed by atoms with Crippen molar-refractivity contribution < 1.29 is 9.59 Å². The second kappa shape index (κ2) is 9.76. The Morgan fingerprint density at radius 1 is 1.20 bits per heavy atom. The number of nitrogens with zero attached hydrogens (tertiary/aromatic N) is 1. The zero-order chi connectivity index (χ0) is 18.2. The molecule has 2 N–H and O–H groups in total. The number of unbranched alkanes of at least 4 members (excludes halogenated alkanes) is 3. The summed E-state index contributed by atoms with van der Waals surface area (Å²) in [5, 5.41) is 6.14. The maximum atomic E-state index is 12.4. The zero-order valence-electron chi connectivity index (χ0n) is 14.4. The second-order valence-electron chi connectivity index (χ2n) is 5.77. The van der Waals surface area contributed by atoms with Gasteiger partial charge in [-0.3, -0.25) is 0 Å². The van der Waals surface area contributed by atoms with Gasteiger partial charge in [-0.15, -0.1) is 0 Å². The van der Waals surface area contributed by atoms with Crippen molar-refractivity contribution in [1.29, 1.82) is 0 Å². The van der Waals surface area contributed by atoms with Crippen LogP contribution < -0.4 is 10.6 Å². The molecule has 0 unspecified atom stereocenters. The van der Waals surface area contributed by atoms with Gasteiger partial charge in [0.15, 0.2) is 0 Å². The maximum absolute atomic E-state index is 12.4. The summed E-state index contributed by atoms with van der Waals surface area (Å²) in [5.41, 5.74) is 1.51. The predicted molar refractivity (Wildman–Crippen MR) is 103 cm³/mol. The van der Waals surface area contributed by atoms with Crippen molar-refractivity contribution in [2.24, 2.45) is 0 Å². The number of anilines is 2. The van der Waals surface area contributed by atoms with E-state index in [-0.39, 0.29) is 26.3 Å². The summed E-state index contributed by atoms with van der Waals surface area (Å²) in [6, 6.07) is 5.46. The molecule has 134 valence electrons. The van der Waals surface area contributed by atoms with Crippen LogP contribution in [-0.2, 0) is 4.79 Å². The van der Waals surface area contributed by atoms with Crippen molar-refractivity contribution >= 4 is 48.3 Å². The normalized spacial score (nSPS) is 10.5. The van der Waals surface area contributed by atoms with E-state index in [0.717, 1.165) is 31.2 Å². The number of hydrogen-bond donors (Lipinski definition) is 2. The molecule has 0 atom stereocenters. The van der Waals surface area contributed by atoms with E-state index in [4.69, 9.17) is 11.6 Å². The van der Waals surface area contributed by atoms with E-state index in [1.807, 2.05) is 19.1 Å². The first-order chi connectivity index (χ1) is 12.0. The quantitative estimate of drug-likeness (QED) is 0.489. The summed E-state index contributed by atoms with van der Waals surface area (Å²) in [4.78, 5) is 28.4. The van der Waals surface area contributed by atoms with Crippen LogP contribution in [0.15, 0.2) is 24.4 Å². The van der Waals surface area contributed by atoms with Crippen LogP contribution in [0.3, 0.4) is 0 Å². The Morgan fingerprint density at radius 3 is 2.72 bits per heavy atom. The van der Waals surface area contributed by atoms with Crippen molar-refractivity contribution in [1.82, 2.24) is 4.98 Å². The minimum absolute atomic E-state index is 0.0336. The fourth-order valence-electron chi connectivity index (χ4n) is 2.30. The molecule has 0 aliphatic rings. The third kappa shape index (κ3) is 5.99. The molecule has 2 amide bonds. The van der Waals surface area contributed by atoms with Gasteiger partial charge in [0, 0.05) is 0 Å². The van der Waals surface area contributed by atoms with Gasteiger partial charge in [-0.05, 0) is 0 Å². The average Bonchev–Trinajstić information content (AvgIpc) is 3.03. The molecule has 25 heavy (non-hydrogen) atoms. The van der Waals surface area contributed by atoms with Crippen LogP contribution in [0, 0.1) is 6.92 Å². The van der Waals surface area contributed by atoms with Gasteiger partial charge in [-0.25, -0.2) is 0 Å². The Kier molecular flexibility index (Phi) is 7.69. The molecule has 0 saturated carbocycles. The summed E-state index contributed by atoms with van der Waals surface area (Å²) in [5.74, 6) is -0.263. The van der Waals surface area contributed by atoms with Crippen molar-refractivity contribution in [3.63, 3.8) is 0 Å². The van der Waals surface area contributed by atoms with Crippen LogP contribution in [0.5, 0.6) is 0 Å². The molecule has 0 radical (unpaired) electrons. The number of benzene rings is 1. The molecule has 0 aliphatic carbocycles. The molecule has 0 fully saturated rings. The molecule has 0 spiro atoms. The molecule has 0 aliphatic heterocycles. The summed E-state index contributed by atoms with van der Waals surface area (Å²) in [6.07, 6.45) is 6.25. The number of rotatable bonds is 8. The van der Waals surface area contributed by atoms with Crippen LogP contribution in [0.4, 0.5) is 10.4 Å². The Morgan fingerprint density at radius 2 is 2.00 bits per heavy atom. The topological polar surface area (TPSA) is 71.1 Å². The van der Waals surface area contributed by atoms with Crippen LogP contribution in [-0.4, -0.2) is 31.3 Å². The molecule has 2 aromatic rings. The Balaban J connectivity index is 1.92. The van der Waals surface area contributed by atoms with Crippen LogP contribution >= 0.6 is 11.6 Å². The summed E-state index contributed by atoms with van der Waals surface area (Å²) in [7, 11) is 0. The number of carbonyl (C=O) groups is 2. The van der Waals surface area contributed by atoms with Gasteiger partial charge in [0.2, 0.25) is 0 Å². The van der Waals surface area contributed by atoms with Gasteiger partial charge >= 0.3 is 159 Å². The first-order valence-electron chi connectivity index (χ1n) is 8.33. The predicted octanol–water partition coefficient (Wildman–Crippen LogP) is 4.26. The van der Waals surface area contributed by atoms with E-state index < -0.39 is 0 Å². The van der Waals surface area contributed by atoms with E-state index in [1.165, 1.54) is 6.20 Å². The van der Waals surface area contributed by atoms with Gasteiger partial charge in [0.05, 0.1) is 0 Å². The van der Waals surface area contributed by atoms with Gasteiger partial charge < -0.3 is 0 Å². The molecule has 2 rings (SSSR count). The van der Waals surface area contributed by atoms with Crippen molar-refractivity contribution in [2.75, 3.05) is 10.6 Å². The number of amides is 2. The average molecular weight is 427 g/mol. The number of aromatic nitrogens is 1. The summed E-state index contributed by atoms with van der Waals surface area (Å²) < 4.78 is 1.14. The first kappa shape index (κ1) is 19.7. The number of hydrogen-bond acceptors (Lipinski definition) is 3. The van der Waals surface area contributed by atoms with Gasteiger partial charge in [0.25, 0.3) is 0 Å². The van der Waals surface area contributed by atoms with E-state index in [2.05, 4.69) is 22.5 Å². The monoisotopic (exact) mass is 427 g/mol. The molecule has 1 heterocycles. The fourth-order valence-corrected chi connectivity index (χ4v) is 4.09. The Labute approximate surface area is 158 Å². The van der Waals surface area contributed by atoms with E-state index in [0.29, 0.717) is 26.3 Å². The van der Waals surface area contributed by atoms with Crippen LogP contribution in [0.1, 0.15) is 53.8 Å². The van der Waals surface area contributed by atoms with Gasteiger partial charge in [-0.1, -0.05) is 0 Å². The number of aryl methyl sites for hydroxylation is 1. The second-order valence-corrected chi connectivity index (χ2v) is 8.34. The molecule has 0 bridgehead atoms. The zero-order valence-corrected chi connectivity index (χ0v) is 16.9.